The molecule has 4 rings (SSSR count). The number of carboxylic acid groups (broad SMARTS) is 1. The van der Waals surface area contributed by atoms with Gasteiger partial charge in [-0.25, -0.2) is 4.79 Å². The second-order valence-electron chi connectivity index (χ2n) is 6.11. The number of carboxylic acids is 1. The first-order valence-corrected chi connectivity index (χ1v) is 6.75. The van der Waals surface area contributed by atoms with E-state index in [1.165, 1.54) is 0 Å². The van der Waals surface area contributed by atoms with E-state index in [2.05, 4.69) is 29.0 Å². The van der Waals surface area contributed by atoms with E-state index >= 15 is 0 Å². The molecule has 1 aliphatic rings. The highest BCUT2D eigenvalue weighted by Gasteiger charge is 2.35. The van der Waals surface area contributed by atoms with E-state index in [-0.39, 0.29) is 5.41 Å². The Labute approximate surface area is 120 Å². The van der Waals surface area contributed by atoms with E-state index in [9.17, 15) is 9.90 Å². The van der Waals surface area contributed by atoms with Crippen LogP contribution in [0.4, 0.5) is 0 Å². The average molecular weight is 282 g/mol. The molecule has 2 aromatic heterocycles. The van der Waals surface area contributed by atoms with Gasteiger partial charge in [-0.3, -0.25) is 0 Å². The fourth-order valence-electron chi connectivity index (χ4n) is 3.26. The van der Waals surface area contributed by atoms with Crippen LogP contribution in [0.25, 0.3) is 22.4 Å². The molecule has 6 nitrogen and oxygen atoms in total. The SMILES string of the molecule is CC1(C)Cn2cnnc2-c2[nH]c3ccc(C(=O)O)cc3c21. The van der Waals surface area contributed by atoms with Crippen molar-refractivity contribution in [1.29, 1.82) is 0 Å². The number of H-pyrrole nitrogens is 1. The lowest BCUT2D eigenvalue weighted by atomic mass is 9.80. The van der Waals surface area contributed by atoms with Crippen LogP contribution in [0.15, 0.2) is 24.5 Å². The van der Waals surface area contributed by atoms with Crippen LogP contribution < -0.4 is 0 Å². The maximum atomic E-state index is 11.2. The first kappa shape index (κ1) is 12.1. The largest absolute Gasteiger partial charge is 0.478 e. The van der Waals surface area contributed by atoms with Crippen LogP contribution in [0, 0.1) is 0 Å². The molecule has 0 spiro atoms. The molecule has 0 fully saturated rings. The Balaban J connectivity index is 2.10. The molecule has 106 valence electrons. The fourth-order valence-corrected chi connectivity index (χ4v) is 3.26. The van der Waals surface area contributed by atoms with E-state index in [1.807, 2.05) is 10.6 Å². The molecule has 0 saturated heterocycles. The number of benzene rings is 1. The fraction of sp³-hybridized carbons (Fsp3) is 0.267. The Hall–Kier alpha value is -2.63. The lowest BCUT2D eigenvalue weighted by molar-refractivity contribution is 0.0697. The van der Waals surface area contributed by atoms with Gasteiger partial charge in [0.15, 0.2) is 5.82 Å². The van der Waals surface area contributed by atoms with E-state index in [0.29, 0.717) is 5.56 Å². The molecular weight excluding hydrogens is 268 g/mol. The molecule has 2 N–H and O–H groups in total. The van der Waals surface area contributed by atoms with Gasteiger partial charge in [-0.15, -0.1) is 10.2 Å². The predicted molar refractivity (Wildman–Crippen MR) is 77.3 cm³/mol. The lowest BCUT2D eigenvalue weighted by Gasteiger charge is -2.30. The minimum Gasteiger partial charge on any atom is -0.478 e. The van der Waals surface area contributed by atoms with Gasteiger partial charge in [0.05, 0.1) is 11.3 Å². The average Bonchev–Trinajstić information content (AvgIpc) is 3.00. The number of carbonyl (C=O) groups is 1. The highest BCUT2D eigenvalue weighted by Crippen LogP contribution is 2.42. The molecule has 3 heterocycles. The van der Waals surface area contributed by atoms with Crippen LogP contribution in [0.2, 0.25) is 0 Å². The summed E-state index contributed by atoms with van der Waals surface area (Å²) in [6, 6.07) is 5.17. The van der Waals surface area contributed by atoms with Crippen LogP contribution in [0.1, 0.15) is 29.8 Å². The van der Waals surface area contributed by atoms with Gasteiger partial charge in [-0.05, 0) is 23.8 Å². The third-order valence-electron chi connectivity index (χ3n) is 4.13. The molecule has 0 aliphatic carbocycles. The van der Waals surface area contributed by atoms with Gasteiger partial charge in [0.2, 0.25) is 0 Å². The number of fused-ring (bicyclic) bond motifs is 5. The maximum Gasteiger partial charge on any atom is 0.335 e. The van der Waals surface area contributed by atoms with Crippen molar-refractivity contribution in [3.63, 3.8) is 0 Å². The molecule has 1 aliphatic heterocycles. The summed E-state index contributed by atoms with van der Waals surface area (Å²) >= 11 is 0. The minimum atomic E-state index is -0.913. The maximum absolute atomic E-state index is 11.2. The first-order chi connectivity index (χ1) is 9.97. The highest BCUT2D eigenvalue weighted by molar-refractivity contribution is 5.97. The molecule has 0 radical (unpaired) electrons. The minimum absolute atomic E-state index is 0.125. The van der Waals surface area contributed by atoms with Crippen molar-refractivity contribution < 1.29 is 9.90 Å². The van der Waals surface area contributed by atoms with Gasteiger partial charge in [0.25, 0.3) is 0 Å². The third-order valence-corrected chi connectivity index (χ3v) is 4.13. The second-order valence-corrected chi connectivity index (χ2v) is 6.11. The molecule has 0 atom stereocenters. The zero-order valence-electron chi connectivity index (χ0n) is 11.7. The number of aromatic carboxylic acids is 1. The molecule has 0 unspecified atom stereocenters. The Kier molecular flexibility index (Phi) is 2.15. The van der Waals surface area contributed by atoms with Crippen LogP contribution in [-0.2, 0) is 12.0 Å². The molecule has 3 aromatic rings. The van der Waals surface area contributed by atoms with Gasteiger partial charge in [-0.1, -0.05) is 13.8 Å². The van der Waals surface area contributed by atoms with E-state index < -0.39 is 5.97 Å². The molecule has 0 amide bonds. The van der Waals surface area contributed by atoms with E-state index in [0.717, 1.165) is 34.5 Å². The van der Waals surface area contributed by atoms with Crippen molar-refractivity contribution in [2.45, 2.75) is 25.8 Å². The van der Waals surface area contributed by atoms with E-state index in [4.69, 9.17) is 0 Å². The second kappa shape index (κ2) is 3.72. The van der Waals surface area contributed by atoms with Crippen molar-refractivity contribution in [1.82, 2.24) is 19.7 Å². The summed E-state index contributed by atoms with van der Waals surface area (Å²) in [5.41, 5.74) is 3.14. The summed E-state index contributed by atoms with van der Waals surface area (Å²) in [5.74, 6) is -0.110. The summed E-state index contributed by atoms with van der Waals surface area (Å²) in [4.78, 5) is 14.6. The smallest absolute Gasteiger partial charge is 0.335 e. The van der Waals surface area contributed by atoms with Gasteiger partial charge >= 0.3 is 5.97 Å². The van der Waals surface area contributed by atoms with Crippen molar-refractivity contribution in [2.24, 2.45) is 0 Å². The molecule has 1 aromatic carbocycles. The number of nitrogens with zero attached hydrogens (tertiary/aromatic N) is 3. The zero-order valence-corrected chi connectivity index (χ0v) is 11.7. The summed E-state index contributed by atoms with van der Waals surface area (Å²) in [6.45, 7) is 5.07. The standard InChI is InChI=1S/C15H14N4O2/c1-15(2)6-19-7-16-18-13(19)12-11(15)9-5-8(14(20)21)3-4-10(9)17-12/h3-5,7,17H,6H2,1-2H3,(H,20,21). The summed E-state index contributed by atoms with van der Waals surface area (Å²) in [5, 5.41) is 18.3. The lowest BCUT2D eigenvalue weighted by Crippen LogP contribution is -2.29. The van der Waals surface area contributed by atoms with Crippen molar-refractivity contribution in [2.75, 3.05) is 0 Å². The zero-order chi connectivity index (χ0) is 14.8. The Bertz CT molecular complexity index is 888. The Morgan fingerprint density at radius 2 is 2.24 bits per heavy atom. The molecule has 0 bridgehead atoms. The number of nitrogens with one attached hydrogen (secondary N) is 1. The van der Waals surface area contributed by atoms with E-state index in [1.54, 1.807) is 18.5 Å². The van der Waals surface area contributed by atoms with Gasteiger partial charge in [-0.2, -0.15) is 0 Å². The summed E-state index contributed by atoms with van der Waals surface area (Å²) in [7, 11) is 0. The number of rotatable bonds is 1. The van der Waals surface area contributed by atoms with Gasteiger partial charge in [0, 0.05) is 22.9 Å². The number of aromatic nitrogens is 4. The quantitative estimate of drug-likeness (QED) is 0.718. The van der Waals surface area contributed by atoms with Crippen molar-refractivity contribution in [3.8, 4) is 11.5 Å². The Morgan fingerprint density at radius 3 is 3.00 bits per heavy atom. The third kappa shape index (κ3) is 1.55. The predicted octanol–water partition coefficient (Wildman–Crippen LogP) is 2.42. The molecule has 0 saturated carbocycles. The normalized spacial score (nSPS) is 15.7. The first-order valence-electron chi connectivity index (χ1n) is 6.75. The monoisotopic (exact) mass is 282 g/mol. The molecule has 21 heavy (non-hydrogen) atoms. The van der Waals surface area contributed by atoms with Crippen molar-refractivity contribution >= 4 is 16.9 Å². The van der Waals surface area contributed by atoms with Crippen LogP contribution >= 0.6 is 0 Å². The molecule has 6 heteroatoms. The van der Waals surface area contributed by atoms with Crippen LogP contribution in [0.5, 0.6) is 0 Å². The van der Waals surface area contributed by atoms with Gasteiger partial charge < -0.3 is 14.7 Å². The van der Waals surface area contributed by atoms with Crippen molar-refractivity contribution in [3.05, 3.63) is 35.7 Å². The van der Waals surface area contributed by atoms with Gasteiger partial charge in [0.1, 0.15) is 6.33 Å². The number of hydrogen-bond acceptors (Lipinski definition) is 3. The van der Waals surface area contributed by atoms with Crippen LogP contribution in [0.3, 0.4) is 0 Å². The number of hydrogen-bond donors (Lipinski definition) is 2. The Morgan fingerprint density at radius 1 is 1.43 bits per heavy atom. The number of aromatic amines is 1. The summed E-state index contributed by atoms with van der Waals surface area (Å²) in [6.07, 6.45) is 1.73. The summed E-state index contributed by atoms with van der Waals surface area (Å²) < 4.78 is 2.02. The topological polar surface area (TPSA) is 83.8 Å². The van der Waals surface area contributed by atoms with Crippen LogP contribution in [-0.4, -0.2) is 30.8 Å². The highest BCUT2D eigenvalue weighted by atomic mass is 16.4. The molecular formula is C15H14N4O2.